The van der Waals surface area contributed by atoms with Gasteiger partial charge in [0.1, 0.15) is 5.75 Å². The molecular weight excluding hydrogens is 270 g/mol. The number of anilines is 1. The van der Waals surface area contributed by atoms with Crippen LogP contribution in [0.15, 0.2) is 49.1 Å². The SMILES string of the molecule is C=C[C@@H]1C(=O)N(c2ccc(OC)cc2)[C@@H]1/C=C/C(=O)OC. The van der Waals surface area contributed by atoms with Gasteiger partial charge in [-0.2, -0.15) is 0 Å². The van der Waals surface area contributed by atoms with Crippen LogP contribution in [0.1, 0.15) is 0 Å². The molecule has 5 nitrogen and oxygen atoms in total. The lowest BCUT2D eigenvalue weighted by molar-refractivity contribution is -0.135. The first kappa shape index (κ1) is 14.8. The number of methoxy groups -OCH3 is 2. The molecule has 1 aliphatic heterocycles. The molecule has 1 aromatic rings. The Morgan fingerprint density at radius 3 is 2.48 bits per heavy atom. The van der Waals surface area contributed by atoms with E-state index in [9.17, 15) is 9.59 Å². The van der Waals surface area contributed by atoms with Crippen molar-refractivity contribution in [3.05, 3.63) is 49.1 Å². The molecule has 0 aromatic heterocycles. The van der Waals surface area contributed by atoms with Crippen LogP contribution in [0.3, 0.4) is 0 Å². The van der Waals surface area contributed by atoms with E-state index in [0.717, 1.165) is 5.69 Å². The van der Waals surface area contributed by atoms with Gasteiger partial charge in [0, 0.05) is 11.8 Å². The van der Waals surface area contributed by atoms with Crippen LogP contribution in [0.2, 0.25) is 0 Å². The van der Waals surface area contributed by atoms with E-state index in [0.29, 0.717) is 5.75 Å². The summed E-state index contributed by atoms with van der Waals surface area (Å²) in [5.41, 5.74) is 0.749. The van der Waals surface area contributed by atoms with Gasteiger partial charge >= 0.3 is 5.97 Å². The van der Waals surface area contributed by atoms with Gasteiger partial charge in [-0.3, -0.25) is 4.79 Å². The summed E-state index contributed by atoms with van der Waals surface area (Å²) in [6.45, 7) is 3.67. The fourth-order valence-electron chi connectivity index (χ4n) is 2.27. The lowest BCUT2D eigenvalue weighted by atomic mass is 9.86. The maximum atomic E-state index is 12.1. The van der Waals surface area contributed by atoms with Crippen LogP contribution in [0.4, 0.5) is 5.69 Å². The second kappa shape index (κ2) is 6.26. The van der Waals surface area contributed by atoms with Crippen LogP contribution in [0.25, 0.3) is 0 Å². The summed E-state index contributed by atoms with van der Waals surface area (Å²) in [5.74, 6) is -0.108. The molecular formula is C16H17NO4. The van der Waals surface area contributed by atoms with E-state index in [1.54, 1.807) is 48.4 Å². The lowest BCUT2D eigenvalue weighted by Gasteiger charge is -2.44. The molecule has 1 heterocycles. The fourth-order valence-corrected chi connectivity index (χ4v) is 2.27. The van der Waals surface area contributed by atoms with Gasteiger partial charge in [-0.05, 0) is 24.3 Å². The molecule has 5 heteroatoms. The Balaban J connectivity index is 2.23. The first-order chi connectivity index (χ1) is 10.1. The average Bonchev–Trinajstić information content (AvgIpc) is 2.52. The topological polar surface area (TPSA) is 55.8 Å². The minimum Gasteiger partial charge on any atom is -0.497 e. The second-order valence-corrected chi connectivity index (χ2v) is 4.54. The number of carbonyl (C=O) groups excluding carboxylic acids is 2. The fraction of sp³-hybridized carbons (Fsp3) is 0.250. The molecule has 2 rings (SSSR count). The summed E-state index contributed by atoms with van der Waals surface area (Å²) in [6, 6.07) is 6.93. The van der Waals surface area contributed by atoms with Crippen molar-refractivity contribution in [2.45, 2.75) is 6.04 Å². The number of esters is 1. The Bertz CT molecular complexity index is 576. The number of amides is 1. The van der Waals surface area contributed by atoms with E-state index in [1.165, 1.54) is 13.2 Å². The molecule has 0 aliphatic carbocycles. The Hall–Kier alpha value is -2.56. The third-order valence-electron chi connectivity index (χ3n) is 3.42. The van der Waals surface area contributed by atoms with Crippen LogP contribution in [0, 0.1) is 5.92 Å². The van der Waals surface area contributed by atoms with Crippen molar-refractivity contribution in [2.24, 2.45) is 5.92 Å². The third kappa shape index (κ3) is 2.81. The van der Waals surface area contributed by atoms with Gasteiger partial charge in [-0.25, -0.2) is 4.79 Å². The highest BCUT2D eigenvalue weighted by atomic mass is 16.5. The largest absolute Gasteiger partial charge is 0.497 e. The number of nitrogens with zero attached hydrogens (tertiary/aromatic N) is 1. The molecule has 1 fully saturated rings. The molecule has 1 aliphatic rings. The summed E-state index contributed by atoms with van der Waals surface area (Å²) >= 11 is 0. The first-order valence-corrected chi connectivity index (χ1v) is 6.48. The molecule has 0 spiro atoms. The van der Waals surface area contributed by atoms with Gasteiger partial charge in [0.05, 0.1) is 26.2 Å². The second-order valence-electron chi connectivity index (χ2n) is 4.54. The number of carbonyl (C=O) groups is 2. The maximum Gasteiger partial charge on any atom is 0.330 e. The summed E-state index contributed by atoms with van der Waals surface area (Å²) in [7, 11) is 2.89. The average molecular weight is 287 g/mol. The number of benzene rings is 1. The Labute approximate surface area is 123 Å². The van der Waals surface area contributed by atoms with Gasteiger partial charge < -0.3 is 14.4 Å². The zero-order chi connectivity index (χ0) is 15.4. The van der Waals surface area contributed by atoms with Crippen molar-refractivity contribution in [2.75, 3.05) is 19.1 Å². The normalized spacial score (nSPS) is 21.0. The van der Waals surface area contributed by atoms with Gasteiger partial charge in [-0.1, -0.05) is 12.2 Å². The molecule has 2 atom stereocenters. The molecule has 110 valence electrons. The smallest absolute Gasteiger partial charge is 0.330 e. The number of ether oxygens (including phenoxy) is 2. The number of β-lactam (4-membered cyclic amide) rings is 1. The Morgan fingerprint density at radius 1 is 1.29 bits per heavy atom. The van der Waals surface area contributed by atoms with E-state index in [2.05, 4.69) is 11.3 Å². The molecule has 0 bridgehead atoms. The highest BCUT2D eigenvalue weighted by Crippen LogP contribution is 2.34. The van der Waals surface area contributed by atoms with E-state index >= 15 is 0 Å². The molecule has 1 aromatic carbocycles. The standard InChI is InChI=1S/C16H17NO4/c1-4-13-14(9-10-15(18)21-3)17(16(13)19)11-5-7-12(20-2)8-6-11/h4-10,13-14H,1H2,2-3H3/b10-9+/t13-,14+/m0/s1. The van der Waals surface area contributed by atoms with E-state index in [-0.39, 0.29) is 17.9 Å². The van der Waals surface area contributed by atoms with E-state index < -0.39 is 5.97 Å². The molecule has 0 radical (unpaired) electrons. The predicted molar refractivity (Wildman–Crippen MR) is 79.1 cm³/mol. The summed E-state index contributed by atoms with van der Waals surface area (Å²) in [6.07, 6.45) is 4.57. The van der Waals surface area contributed by atoms with Crippen LogP contribution in [0.5, 0.6) is 5.75 Å². The highest BCUT2D eigenvalue weighted by molar-refractivity contribution is 6.05. The van der Waals surface area contributed by atoms with Crippen LogP contribution < -0.4 is 9.64 Å². The van der Waals surface area contributed by atoms with Gasteiger partial charge in [-0.15, -0.1) is 6.58 Å². The number of hydrogen-bond acceptors (Lipinski definition) is 4. The quantitative estimate of drug-likeness (QED) is 0.359. The van der Waals surface area contributed by atoms with Crippen molar-refractivity contribution >= 4 is 17.6 Å². The summed E-state index contributed by atoms with van der Waals surface area (Å²) in [4.78, 5) is 25.0. The molecule has 0 N–H and O–H groups in total. The summed E-state index contributed by atoms with van der Waals surface area (Å²) in [5, 5.41) is 0. The summed E-state index contributed by atoms with van der Waals surface area (Å²) < 4.78 is 9.66. The van der Waals surface area contributed by atoms with Crippen molar-refractivity contribution in [1.82, 2.24) is 0 Å². The Kier molecular flexibility index (Phi) is 4.42. The van der Waals surface area contributed by atoms with Gasteiger partial charge in [0.25, 0.3) is 0 Å². The van der Waals surface area contributed by atoms with E-state index in [4.69, 9.17) is 4.74 Å². The first-order valence-electron chi connectivity index (χ1n) is 6.48. The monoisotopic (exact) mass is 287 g/mol. The van der Waals surface area contributed by atoms with Gasteiger partial charge in [0.2, 0.25) is 5.91 Å². The van der Waals surface area contributed by atoms with Crippen LogP contribution in [-0.4, -0.2) is 32.1 Å². The number of hydrogen-bond donors (Lipinski definition) is 0. The van der Waals surface area contributed by atoms with Crippen LogP contribution in [-0.2, 0) is 14.3 Å². The third-order valence-corrected chi connectivity index (χ3v) is 3.42. The van der Waals surface area contributed by atoms with Crippen molar-refractivity contribution in [3.63, 3.8) is 0 Å². The molecule has 1 saturated heterocycles. The zero-order valence-corrected chi connectivity index (χ0v) is 12.0. The molecule has 0 saturated carbocycles. The van der Waals surface area contributed by atoms with Crippen molar-refractivity contribution < 1.29 is 19.1 Å². The Morgan fingerprint density at radius 2 is 1.95 bits per heavy atom. The molecule has 0 unspecified atom stereocenters. The van der Waals surface area contributed by atoms with Crippen LogP contribution >= 0.6 is 0 Å². The lowest BCUT2D eigenvalue weighted by Crippen LogP contribution is -2.59. The van der Waals surface area contributed by atoms with Gasteiger partial charge in [0.15, 0.2) is 0 Å². The van der Waals surface area contributed by atoms with Crippen molar-refractivity contribution in [3.8, 4) is 5.75 Å². The van der Waals surface area contributed by atoms with Crippen molar-refractivity contribution in [1.29, 1.82) is 0 Å². The molecule has 21 heavy (non-hydrogen) atoms. The van der Waals surface area contributed by atoms with E-state index in [1.807, 2.05) is 0 Å². The highest BCUT2D eigenvalue weighted by Gasteiger charge is 2.44. The predicted octanol–water partition coefficient (Wildman–Crippen LogP) is 1.94. The number of rotatable bonds is 5. The minimum atomic E-state index is -0.452. The molecule has 1 amide bonds. The minimum absolute atomic E-state index is 0.0466. The maximum absolute atomic E-state index is 12.1. The zero-order valence-electron chi connectivity index (χ0n) is 12.0.